The number of amides is 1. The highest BCUT2D eigenvalue weighted by molar-refractivity contribution is 5.97. The molecular weight excluding hydrogens is 244 g/mol. The van der Waals surface area contributed by atoms with Crippen LogP contribution in [0.3, 0.4) is 0 Å². The Balaban J connectivity index is 2.13. The molecule has 4 N–H and O–H groups in total. The summed E-state index contributed by atoms with van der Waals surface area (Å²) in [4.78, 5) is 14.1. The summed E-state index contributed by atoms with van der Waals surface area (Å²) < 4.78 is 0. The molecule has 0 aliphatic carbocycles. The first-order chi connectivity index (χ1) is 8.91. The summed E-state index contributed by atoms with van der Waals surface area (Å²) in [5, 5.41) is 16.5. The number of rotatable bonds is 3. The topological polar surface area (TPSA) is 95.2 Å². The zero-order valence-electron chi connectivity index (χ0n) is 11.7. The SMILES string of the molecule is CC(C)c1[nH]nc(C(=O)N2CCC(C(C)O)C2)c1N. The summed E-state index contributed by atoms with van der Waals surface area (Å²) in [5.74, 6) is 0.204. The molecule has 2 unspecified atom stereocenters. The average Bonchev–Trinajstić information content (AvgIpc) is 2.94. The first-order valence-corrected chi connectivity index (χ1v) is 6.72. The van der Waals surface area contributed by atoms with Crippen molar-refractivity contribution in [2.75, 3.05) is 18.8 Å². The average molecular weight is 266 g/mol. The van der Waals surface area contributed by atoms with E-state index in [4.69, 9.17) is 5.73 Å². The molecule has 0 aromatic carbocycles. The lowest BCUT2D eigenvalue weighted by Crippen LogP contribution is -2.31. The number of nitrogen functional groups attached to an aromatic ring is 1. The van der Waals surface area contributed by atoms with E-state index >= 15 is 0 Å². The number of aliphatic hydroxyl groups excluding tert-OH is 1. The van der Waals surface area contributed by atoms with Gasteiger partial charge in [0.1, 0.15) is 0 Å². The van der Waals surface area contributed by atoms with E-state index in [2.05, 4.69) is 10.2 Å². The Labute approximate surface area is 113 Å². The lowest BCUT2D eigenvalue weighted by molar-refractivity contribution is 0.0758. The van der Waals surface area contributed by atoms with Gasteiger partial charge in [-0.3, -0.25) is 9.89 Å². The Morgan fingerprint density at radius 3 is 2.68 bits per heavy atom. The Morgan fingerprint density at radius 1 is 1.53 bits per heavy atom. The van der Waals surface area contributed by atoms with Crippen LogP contribution in [0.25, 0.3) is 0 Å². The Bertz CT molecular complexity index is 467. The van der Waals surface area contributed by atoms with Crippen LogP contribution in [0.15, 0.2) is 0 Å². The fourth-order valence-electron chi connectivity index (χ4n) is 2.48. The maximum absolute atomic E-state index is 12.4. The fraction of sp³-hybridized carbons (Fsp3) is 0.692. The Morgan fingerprint density at radius 2 is 2.21 bits per heavy atom. The summed E-state index contributed by atoms with van der Waals surface area (Å²) in [7, 11) is 0. The van der Waals surface area contributed by atoms with Crippen LogP contribution in [0.2, 0.25) is 0 Å². The number of nitrogens with two attached hydrogens (primary N) is 1. The first kappa shape index (κ1) is 13.9. The minimum absolute atomic E-state index is 0.147. The quantitative estimate of drug-likeness (QED) is 0.759. The van der Waals surface area contributed by atoms with Crippen LogP contribution in [-0.2, 0) is 0 Å². The van der Waals surface area contributed by atoms with Gasteiger partial charge >= 0.3 is 0 Å². The molecule has 1 aromatic heterocycles. The number of carbonyl (C=O) groups excluding carboxylic acids is 1. The van der Waals surface area contributed by atoms with Crippen molar-refractivity contribution in [2.45, 2.75) is 39.2 Å². The molecule has 1 fully saturated rings. The standard InChI is InChI=1S/C13H22N4O2/c1-7(2)11-10(14)12(16-15-11)13(19)17-5-4-9(6-17)8(3)18/h7-9,18H,4-6,14H2,1-3H3,(H,15,16). The summed E-state index contributed by atoms with van der Waals surface area (Å²) >= 11 is 0. The van der Waals surface area contributed by atoms with Crippen molar-refractivity contribution in [1.29, 1.82) is 0 Å². The van der Waals surface area contributed by atoms with Crippen molar-refractivity contribution >= 4 is 11.6 Å². The number of nitrogens with zero attached hydrogens (tertiary/aromatic N) is 2. The number of hydrogen-bond acceptors (Lipinski definition) is 4. The second-order valence-electron chi connectivity index (χ2n) is 5.59. The van der Waals surface area contributed by atoms with Crippen molar-refractivity contribution in [3.8, 4) is 0 Å². The molecule has 1 aromatic rings. The van der Waals surface area contributed by atoms with Gasteiger partial charge in [-0.15, -0.1) is 0 Å². The molecule has 6 heteroatoms. The third kappa shape index (κ3) is 2.58. The van der Waals surface area contributed by atoms with Crippen molar-refractivity contribution in [3.63, 3.8) is 0 Å². The van der Waals surface area contributed by atoms with E-state index in [0.717, 1.165) is 12.1 Å². The lowest BCUT2D eigenvalue weighted by Gasteiger charge is -2.17. The van der Waals surface area contributed by atoms with Crippen LogP contribution in [0.5, 0.6) is 0 Å². The highest BCUT2D eigenvalue weighted by Gasteiger charge is 2.32. The zero-order valence-corrected chi connectivity index (χ0v) is 11.7. The number of carbonyl (C=O) groups is 1. The van der Waals surface area contributed by atoms with Crippen LogP contribution in [0, 0.1) is 5.92 Å². The zero-order chi connectivity index (χ0) is 14.2. The van der Waals surface area contributed by atoms with E-state index in [1.165, 1.54) is 0 Å². The molecule has 2 heterocycles. The summed E-state index contributed by atoms with van der Waals surface area (Å²) in [5.41, 5.74) is 7.52. The maximum Gasteiger partial charge on any atom is 0.276 e. The molecule has 2 rings (SSSR count). The molecule has 106 valence electrons. The van der Waals surface area contributed by atoms with Crippen molar-refractivity contribution < 1.29 is 9.90 Å². The molecular formula is C13H22N4O2. The molecule has 0 spiro atoms. The van der Waals surface area contributed by atoms with Crippen LogP contribution < -0.4 is 5.73 Å². The Hall–Kier alpha value is -1.56. The van der Waals surface area contributed by atoms with Gasteiger partial charge in [-0.1, -0.05) is 13.8 Å². The molecule has 0 saturated carbocycles. The third-order valence-corrected chi connectivity index (χ3v) is 3.81. The number of anilines is 1. The van der Waals surface area contributed by atoms with Gasteiger partial charge in [0.05, 0.1) is 17.5 Å². The fourth-order valence-corrected chi connectivity index (χ4v) is 2.48. The molecule has 0 bridgehead atoms. The Kier molecular flexibility index (Phi) is 3.80. The lowest BCUT2D eigenvalue weighted by atomic mass is 10.0. The minimum Gasteiger partial charge on any atom is -0.395 e. The van der Waals surface area contributed by atoms with E-state index < -0.39 is 0 Å². The van der Waals surface area contributed by atoms with E-state index in [-0.39, 0.29) is 23.8 Å². The van der Waals surface area contributed by atoms with E-state index in [1.54, 1.807) is 11.8 Å². The number of aromatic amines is 1. The number of aliphatic hydroxyl groups is 1. The van der Waals surface area contributed by atoms with E-state index in [0.29, 0.717) is 24.5 Å². The van der Waals surface area contributed by atoms with Gasteiger partial charge in [-0.25, -0.2) is 0 Å². The monoisotopic (exact) mass is 266 g/mol. The molecule has 1 amide bonds. The number of H-pyrrole nitrogens is 1. The highest BCUT2D eigenvalue weighted by atomic mass is 16.3. The molecule has 1 aliphatic rings. The second-order valence-corrected chi connectivity index (χ2v) is 5.59. The maximum atomic E-state index is 12.4. The largest absolute Gasteiger partial charge is 0.395 e. The van der Waals surface area contributed by atoms with Crippen LogP contribution in [0.4, 0.5) is 5.69 Å². The molecule has 1 aliphatic heterocycles. The van der Waals surface area contributed by atoms with Crippen LogP contribution in [0.1, 0.15) is 49.3 Å². The van der Waals surface area contributed by atoms with E-state index in [1.807, 2.05) is 13.8 Å². The first-order valence-electron chi connectivity index (χ1n) is 6.72. The number of hydrogen-bond donors (Lipinski definition) is 3. The van der Waals surface area contributed by atoms with Gasteiger partial charge in [0.2, 0.25) is 0 Å². The predicted molar refractivity (Wildman–Crippen MR) is 72.8 cm³/mol. The molecule has 2 atom stereocenters. The van der Waals surface area contributed by atoms with Gasteiger partial charge in [-0.2, -0.15) is 5.10 Å². The van der Waals surface area contributed by atoms with Crippen molar-refractivity contribution in [3.05, 3.63) is 11.4 Å². The van der Waals surface area contributed by atoms with Gasteiger partial charge in [0.25, 0.3) is 5.91 Å². The third-order valence-electron chi connectivity index (χ3n) is 3.81. The summed E-state index contributed by atoms with van der Waals surface area (Å²) in [6.07, 6.45) is 0.436. The minimum atomic E-state index is -0.388. The van der Waals surface area contributed by atoms with Gasteiger partial charge in [0, 0.05) is 19.0 Å². The smallest absolute Gasteiger partial charge is 0.276 e. The van der Waals surface area contributed by atoms with Crippen LogP contribution in [-0.4, -0.2) is 45.3 Å². The summed E-state index contributed by atoms with van der Waals surface area (Å²) in [6.45, 7) is 6.98. The van der Waals surface area contributed by atoms with E-state index in [9.17, 15) is 9.90 Å². The normalized spacial score (nSPS) is 21.1. The van der Waals surface area contributed by atoms with Crippen LogP contribution >= 0.6 is 0 Å². The van der Waals surface area contributed by atoms with Crippen molar-refractivity contribution in [1.82, 2.24) is 15.1 Å². The van der Waals surface area contributed by atoms with Gasteiger partial charge in [0.15, 0.2) is 5.69 Å². The highest BCUT2D eigenvalue weighted by Crippen LogP contribution is 2.26. The van der Waals surface area contributed by atoms with Gasteiger partial charge in [-0.05, 0) is 19.3 Å². The van der Waals surface area contributed by atoms with Crippen molar-refractivity contribution in [2.24, 2.45) is 5.92 Å². The molecule has 19 heavy (non-hydrogen) atoms. The number of nitrogens with one attached hydrogen (secondary N) is 1. The number of aromatic nitrogens is 2. The second kappa shape index (κ2) is 5.21. The molecule has 6 nitrogen and oxygen atoms in total. The number of likely N-dealkylation sites (tertiary alicyclic amines) is 1. The molecule has 0 radical (unpaired) electrons. The predicted octanol–water partition coefficient (Wildman–Crippen LogP) is 0.958. The molecule has 1 saturated heterocycles. The summed E-state index contributed by atoms with van der Waals surface area (Å²) in [6, 6.07) is 0. The van der Waals surface area contributed by atoms with Gasteiger partial charge < -0.3 is 15.7 Å².